The molecule has 172 valence electrons. The molecule has 0 saturated heterocycles. The molecule has 0 spiro atoms. The molecule has 34 heavy (non-hydrogen) atoms. The van der Waals surface area contributed by atoms with E-state index in [4.69, 9.17) is 9.97 Å². The van der Waals surface area contributed by atoms with Gasteiger partial charge in [0.25, 0.3) is 0 Å². The topological polar surface area (TPSA) is 117 Å². The van der Waals surface area contributed by atoms with Crippen LogP contribution in [0.25, 0.3) is 33.3 Å². The zero-order chi connectivity index (χ0) is 23.1. The summed E-state index contributed by atoms with van der Waals surface area (Å²) in [5, 5.41) is 28.1. The van der Waals surface area contributed by atoms with Crippen LogP contribution in [0.3, 0.4) is 0 Å². The molecule has 1 fully saturated rings. The van der Waals surface area contributed by atoms with Crippen molar-refractivity contribution in [3.63, 3.8) is 0 Å². The van der Waals surface area contributed by atoms with E-state index >= 15 is 0 Å². The molecule has 0 radical (unpaired) electrons. The van der Waals surface area contributed by atoms with Crippen LogP contribution in [0.1, 0.15) is 37.1 Å². The highest BCUT2D eigenvalue weighted by Crippen LogP contribution is 2.34. The maximum absolute atomic E-state index is 9.94. The van der Waals surface area contributed by atoms with E-state index in [0.717, 1.165) is 64.8 Å². The number of fused-ring (bicyclic) bond motifs is 3. The Balaban J connectivity index is 1.46. The molecule has 0 aliphatic heterocycles. The molecule has 1 aliphatic carbocycles. The van der Waals surface area contributed by atoms with Crippen LogP contribution in [-0.4, -0.2) is 52.4 Å². The van der Waals surface area contributed by atoms with Gasteiger partial charge in [-0.2, -0.15) is 4.80 Å². The van der Waals surface area contributed by atoms with E-state index in [1.807, 2.05) is 30.3 Å². The number of aliphatic hydroxyl groups is 1. The normalized spacial score (nSPS) is 18.5. The molecule has 1 saturated carbocycles. The summed E-state index contributed by atoms with van der Waals surface area (Å²) in [7, 11) is 1.76. The van der Waals surface area contributed by atoms with Gasteiger partial charge in [0.2, 0.25) is 5.82 Å². The predicted molar refractivity (Wildman–Crippen MR) is 130 cm³/mol. The summed E-state index contributed by atoms with van der Waals surface area (Å²) in [6.45, 7) is 0. The lowest BCUT2D eigenvalue weighted by atomic mass is 9.93. The Labute approximate surface area is 196 Å². The fourth-order valence-corrected chi connectivity index (χ4v) is 4.75. The molecule has 3 heterocycles. The Hall–Kier alpha value is -3.85. The fraction of sp³-hybridized carbons (Fsp3) is 0.320. The summed E-state index contributed by atoms with van der Waals surface area (Å²) >= 11 is 0. The average molecular weight is 455 g/mol. The molecular weight excluding hydrogens is 428 g/mol. The largest absolute Gasteiger partial charge is 0.393 e. The van der Waals surface area contributed by atoms with E-state index in [1.54, 1.807) is 7.05 Å². The van der Waals surface area contributed by atoms with Crippen molar-refractivity contribution in [1.82, 2.24) is 35.2 Å². The standard InChI is InChI=1S/C25H26N8O/c1-33-31-23(30-32-33)16-7-12-20-19(14-16)22-24(26-17-8-10-18(34)11-9-17)28-21(29-25(22)27-20)13-15-5-3-2-4-6-15/h2-7,12,14,17-18,34H,8-11,13H2,1H3,(H2,26,27,28,29). The van der Waals surface area contributed by atoms with E-state index in [-0.39, 0.29) is 12.1 Å². The molecule has 0 unspecified atom stereocenters. The molecule has 0 bridgehead atoms. The molecule has 9 nitrogen and oxygen atoms in total. The van der Waals surface area contributed by atoms with Crippen molar-refractivity contribution in [2.45, 2.75) is 44.2 Å². The van der Waals surface area contributed by atoms with Crippen LogP contribution in [0, 0.1) is 0 Å². The molecule has 3 N–H and O–H groups in total. The summed E-state index contributed by atoms with van der Waals surface area (Å²) in [5.41, 5.74) is 3.84. The first-order chi connectivity index (χ1) is 16.6. The number of aryl methyl sites for hydroxylation is 1. The number of aromatic amines is 1. The van der Waals surface area contributed by atoms with Gasteiger partial charge in [-0.25, -0.2) is 9.97 Å². The third-order valence-electron chi connectivity index (χ3n) is 6.51. The van der Waals surface area contributed by atoms with Gasteiger partial charge in [-0.05, 0) is 54.7 Å². The van der Waals surface area contributed by atoms with Crippen molar-refractivity contribution < 1.29 is 5.11 Å². The van der Waals surface area contributed by atoms with Crippen LogP contribution < -0.4 is 5.32 Å². The second kappa shape index (κ2) is 8.49. The van der Waals surface area contributed by atoms with Gasteiger partial charge in [0, 0.05) is 28.9 Å². The summed E-state index contributed by atoms with van der Waals surface area (Å²) in [5.74, 6) is 2.17. The zero-order valence-corrected chi connectivity index (χ0v) is 18.9. The molecular formula is C25H26N8O. The summed E-state index contributed by atoms with van der Waals surface area (Å²) in [6, 6.07) is 16.6. The van der Waals surface area contributed by atoms with Gasteiger partial charge in [-0.1, -0.05) is 30.3 Å². The number of hydrogen-bond donors (Lipinski definition) is 3. The van der Waals surface area contributed by atoms with E-state index in [2.05, 4.69) is 43.9 Å². The quantitative estimate of drug-likeness (QED) is 0.371. The Morgan fingerprint density at radius 3 is 2.65 bits per heavy atom. The minimum Gasteiger partial charge on any atom is -0.393 e. The van der Waals surface area contributed by atoms with Crippen molar-refractivity contribution in [1.29, 1.82) is 0 Å². The van der Waals surface area contributed by atoms with Gasteiger partial charge in [0.1, 0.15) is 17.3 Å². The number of anilines is 1. The number of nitrogens with one attached hydrogen (secondary N) is 2. The van der Waals surface area contributed by atoms with Gasteiger partial charge in [-0.15, -0.1) is 10.2 Å². The van der Waals surface area contributed by atoms with Crippen LogP contribution >= 0.6 is 0 Å². The van der Waals surface area contributed by atoms with Crippen LogP contribution in [0.4, 0.5) is 5.82 Å². The maximum Gasteiger partial charge on any atom is 0.204 e. The van der Waals surface area contributed by atoms with E-state index in [9.17, 15) is 5.11 Å². The highest BCUT2D eigenvalue weighted by Gasteiger charge is 2.22. The first-order valence-electron chi connectivity index (χ1n) is 11.7. The number of aromatic nitrogens is 7. The number of rotatable bonds is 5. The number of tetrazole rings is 1. The summed E-state index contributed by atoms with van der Waals surface area (Å²) in [6.07, 6.45) is 3.89. The van der Waals surface area contributed by atoms with Crippen molar-refractivity contribution in [3.05, 3.63) is 59.9 Å². The molecule has 2 aromatic carbocycles. The summed E-state index contributed by atoms with van der Waals surface area (Å²) in [4.78, 5) is 14.8. The minimum atomic E-state index is -0.202. The zero-order valence-electron chi connectivity index (χ0n) is 18.9. The lowest BCUT2D eigenvalue weighted by molar-refractivity contribution is 0.126. The van der Waals surface area contributed by atoms with Gasteiger partial charge in [0.15, 0.2) is 0 Å². The first kappa shape index (κ1) is 20.7. The van der Waals surface area contributed by atoms with Crippen LogP contribution in [-0.2, 0) is 13.5 Å². The third-order valence-corrected chi connectivity index (χ3v) is 6.51. The van der Waals surface area contributed by atoms with Gasteiger partial charge in [-0.3, -0.25) is 0 Å². The van der Waals surface area contributed by atoms with E-state index < -0.39 is 0 Å². The van der Waals surface area contributed by atoms with Crippen molar-refractivity contribution in [2.75, 3.05) is 5.32 Å². The number of hydrogen-bond acceptors (Lipinski definition) is 7. The monoisotopic (exact) mass is 454 g/mol. The fourth-order valence-electron chi connectivity index (χ4n) is 4.75. The number of nitrogens with zero attached hydrogens (tertiary/aromatic N) is 6. The van der Waals surface area contributed by atoms with Crippen LogP contribution in [0.15, 0.2) is 48.5 Å². The second-order valence-electron chi connectivity index (χ2n) is 9.01. The third kappa shape index (κ3) is 3.99. The molecule has 0 atom stereocenters. The summed E-state index contributed by atoms with van der Waals surface area (Å²) < 4.78 is 0. The SMILES string of the molecule is Cn1nnc(-c2ccc3[nH]c4nc(Cc5ccccc5)nc(NC5CCC(O)CC5)c4c3c2)n1. The second-order valence-corrected chi connectivity index (χ2v) is 9.01. The Kier molecular flexibility index (Phi) is 5.18. The lowest BCUT2D eigenvalue weighted by Crippen LogP contribution is -2.28. The molecule has 9 heteroatoms. The van der Waals surface area contributed by atoms with Crippen LogP contribution in [0.5, 0.6) is 0 Å². The lowest BCUT2D eigenvalue weighted by Gasteiger charge is -2.27. The number of aliphatic hydroxyl groups excluding tert-OH is 1. The van der Waals surface area contributed by atoms with Gasteiger partial charge < -0.3 is 15.4 Å². The van der Waals surface area contributed by atoms with Crippen molar-refractivity contribution in [2.24, 2.45) is 7.05 Å². The Morgan fingerprint density at radius 1 is 1.06 bits per heavy atom. The van der Waals surface area contributed by atoms with Crippen LogP contribution in [0.2, 0.25) is 0 Å². The van der Waals surface area contributed by atoms with Gasteiger partial charge >= 0.3 is 0 Å². The molecule has 6 rings (SSSR count). The predicted octanol–water partition coefficient (Wildman–Crippen LogP) is 3.61. The highest BCUT2D eigenvalue weighted by atomic mass is 16.3. The maximum atomic E-state index is 9.94. The van der Waals surface area contributed by atoms with E-state index in [1.165, 1.54) is 10.4 Å². The number of H-pyrrole nitrogens is 1. The number of benzene rings is 2. The van der Waals surface area contributed by atoms with Crippen molar-refractivity contribution >= 4 is 27.8 Å². The molecule has 3 aromatic heterocycles. The first-order valence-corrected chi connectivity index (χ1v) is 11.7. The highest BCUT2D eigenvalue weighted by molar-refractivity contribution is 6.12. The average Bonchev–Trinajstić information content (AvgIpc) is 3.44. The molecule has 1 aliphatic rings. The minimum absolute atomic E-state index is 0.202. The van der Waals surface area contributed by atoms with E-state index in [0.29, 0.717) is 12.2 Å². The smallest absolute Gasteiger partial charge is 0.204 e. The van der Waals surface area contributed by atoms with Gasteiger partial charge in [0.05, 0.1) is 18.5 Å². The Bertz CT molecular complexity index is 1450. The Morgan fingerprint density at radius 2 is 1.88 bits per heavy atom. The molecule has 5 aromatic rings. The molecule has 0 amide bonds. The van der Waals surface area contributed by atoms with Crippen molar-refractivity contribution in [3.8, 4) is 11.4 Å².